The zero-order valence-corrected chi connectivity index (χ0v) is 12.7. The van der Waals surface area contributed by atoms with E-state index in [9.17, 15) is 9.59 Å². The van der Waals surface area contributed by atoms with E-state index < -0.39 is 11.5 Å². The number of amides is 2. The molecule has 0 aromatic carbocycles. The minimum Gasteiger partial charge on any atom is -0.481 e. The minimum absolute atomic E-state index is 0.00660. The molecule has 0 aliphatic heterocycles. The fraction of sp³-hybridized carbons (Fsp3) is 0.867. The van der Waals surface area contributed by atoms with Crippen LogP contribution in [0.4, 0.5) is 4.79 Å². The average molecular weight is 298 g/mol. The summed E-state index contributed by atoms with van der Waals surface area (Å²) in [7, 11) is 0. The number of urea groups is 1. The molecule has 2 amide bonds. The molecule has 2 rings (SSSR count). The fourth-order valence-electron chi connectivity index (χ4n) is 3.38. The molecule has 2 aliphatic rings. The maximum atomic E-state index is 12.1. The van der Waals surface area contributed by atoms with E-state index in [1.165, 1.54) is 0 Å². The van der Waals surface area contributed by atoms with Crippen molar-refractivity contribution >= 4 is 12.0 Å². The second-order valence-corrected chi connectivity index (χ2v) is 6.26. The molecule has 0 aromatic rings. The molecule has 0 bridgehead atoms. The Labute approximate surface area is 125 Å². The van der Waals surface area contributed by atoms with Crippen molar-refractivity contribution in [2.45, 2.75) is 76.0 Å². The third kappa shape index (κ3) is 4.59. The highest BCUT2D eigenvalue weighted by Crippen LogP contribution is 2.31. The molecule has 0 saturated heterocycles. The van der Waals surface area contributed by atoms with Crippen LogP contribution in [0.5, 0.6) is 0 Å². The number of rotatable bonds is 6. The van der Waals surface area contributed by atoms with Gasteiger partial charge in [0.05, 0.1) is 18.1 Å². The fourth-order valence-corrected chi connectivity index (χ4v) is 3.38. The quantitative estimate of drug-likeness (QED) is 0.700. The Morgan fingerprint density at radius 2 is 1.90 bits per heavy atom. The van der Waals surface area contributed by atoms with E-state index in [1.54, 1.807) is 0 Å². The first-order valence-corrected chi connectivity index (χ1v) is 7.95. The number of hydrogen-bond acceptors (Lipinski definition) is 3. The van der Waals surface area contributed by atoms with Gasteiger partial charge in [-0.2, -0.15) is 0 Å². The highest BCUT2D eigenvalue weighted by atomic mass is 16.5. The molecule has 0 aromatic heterocycles. The number of carbonyl (C=O) groups is 2. The van der Waals surface area contributed by atoms with Crippen LogP contribution in [0.1, 0.15) is 58.3 Å². The van der Waals surface area contributed by atoms with Crippen LogP contribution in [-0.4, -0.2) is 41.4 Å². The molecular formula is C15H26N2O4. The van der Waals surface area contributed by atoms with Crippen LogP contribution in [0.15, 0.2) is 0 Å². The highest BCUT2D eigenvalue weighted by Gasteiger charge is 2.37. The maximum Gasteiger partial charge on any atom is 0.315 e. The van der Waals surface area contributed by atoms with Crippen LogP contribution in [0, 0.1) is 0 Å². The van der Waals surface area contributed by atoms with Crippen LogP contribution in [0.2, 0.25) is 0 Å². The van der Waals surface area contributed by atoms with Crippen molar-refractivity contribution in [3.63, 3.8) is 0 Å². The predicted octanol–water partition coefficient (Wildman–Crippen LogP) is 2.03. The number of nitrogens with one attached hydrogen (secondary N) is 2. The summed E-state index contributed by atoms with van der Waals surface area (Å²) < 4.78 is 5.46. The first-order chi connectivity index (χ1) is 10.0. The molecule has 2 saturated carbocycles. The van der Waals surface area contributed by atoms with Gasteiger partial charge < -0.3 is 20.5 Å². The Kier molecular flexibility index (Phi) is 5.45. The van der Waals surface area contributed by atoms with Crippen molar-refractivity contribution in [2.75, 3.05) is 6.61 Å². The molecule has 6 nitrogen and oxygen atoms in total. The monoisotopic (exact) mass is 298 g/mol. The van der Waals surface area contributed by atoms with Crippen molar-refractivity contribution in [1.82, 2.24) is 10.6 Å². The van der Waals surface area contributed by atoms with E-state index >= 15 is 0 Å². The predicted molar refractivity (Wildman–Crippen MR) is 78.2 cm³/mol. The number of carboxylic acid groups (broad SMARTS) is 1. The Morgan fingerprint density at radius 3 is 2.48 bits per heavy atom. The normalized spacial score (nSPS) is 27.5. The van der Waals surface area contributed by atoms with Crippen LogP contribution in [0.25, 0.3) is 0 Å². The minimum atomic E-state index is -0.850. The van der Waals surface area contributed by atoms with Crippen LogP contribution >= 0.6 is 0 Å². The first kappa shape index (κ1) is 16.1. The Balaban J connectivity index is 1.80. The number of carboxylic acids is 1. The second kappa shape index (κ2) is 7.11. The van der Waals surface area contributed by atoms with Crippen LogP contribution in [0.3, 0.4) is 0 Å². The van der Waals surface area contributed by atoms with E-state index in [2.05, 4.69) is 10.6 Å². The van der Waals surface area contributed by atoms with E-state index in [0.717, 1.165) is 44.9 Å². The number of aliphatic carboxylic acids is 1. The summed E-state index contributed by atoms with van der Waals surface area (Å²) in [5, 5.41) is 15.0. The van der Waals surface area contributed by atoms with Crippen molar-refractivity contribution in [3.8, 4) is 0 Å². The zero-order chi connectivity index (χ0) is 15.3. The molecule has 0 spiro atoms. The van der Waals surface area contributed by atoms with Gasteiger partial charge in [-0.1, -0.05) is 19.3 Å². The Hall–Kier alpha value is -1.30. The zero-order valence-electron chi connectivity index (χ0n) is 12.7. The van der Waals surface area contributed by atoms with Gasteiger partial charge >= 0.3 is 12.0 Å². The summed E-state index contributed by atoms with van der Waals surface area (Å²) in [5.41, 5.74) is -0.572. The molecule has 6 heteroatoms. The van der Waals surface area contributed by atoms with E-state index in [4.69, 9.17) is 9.84 Å². The maximum absolute atomic E-state index is 12.1. The van der Waals surface area contributed by atoms with Crippen LogP contribution in [-0.2, 0) is 9.53 Å². The van der Waals surface area contributed by atoms with Crippen LogP contribution < -0.4 is 10.6 Å². The second-order valence-electron chi connectivity index (χ2n) is 6.26. The van der Waals surface area contributed by atoms with Crippen molar-refractivity contribution in [1.29, 1.82) is 0 Å². The van der Waals surface area contributed by atoms with Gasteiger partial charge in [-0.25, -0.2) is 4.79 Å². The van der Waals surface area contributed by atoms with E-state index in [1.807, 2.05) is 6.92 Å². The lowest BCUT2D eigenvalue weighted by atomic mass is 9.79. The number of carbonyl (C=O) groups excluding carboxylic acids is 1. The first-order valence-electron chi connectivity index (χ1n) is 7.95. The molecule has 0 unspecified atom stereocenters. The molecule has 120 valence electrons. The van der Waals surface area contributed by atoms with Gasteiger partial charge in [0.2, 0.25) is 0 Å². The SMILES string of the molecule is CCOC1CC(NC(=O)NC2(CC(=O)O)CCCCC2)C1. The smallest absolute Gasteiger partial charge is 0.315 e. The van der Waals surface area contributed by atoms with Crippen molar-refractivity contribution in [3.05, 3.63) is 0 Å². The van der Waals surface area contributed by atoms with Gasteiger partial charge in [-0.3, -0.25) is 4.79 Å². The average Bonchev–Trinajstić information content (AvgIpc) is 2.36. The van der Waals surface area contributed by atoms with E-state index in [0.29, 0.717) is 6.61 Å². The molecule has 0 heterocycles. The third-order valence-corrected chi connectivity index (χ3v) is 4.51. The topological polar surface area (TPSA) is 87.7 Å². The molecule has 0 radical (unpaired) electrons. The summed E-state index contributed by atoms with van der Waals surface area (Å²) in [4.78, 5) is 23.2. The number of ether oxygens (including phenoxy) is 1. The van der Waals surface area contributed by atoms with Gasteiger partial charge in [0.1, 0.15) is 0 Å². The standard InChI is InChI=1S/C15H26N2O4/c1-2-21-12-8-11(9-12)16-14(20)17-15(10-13(18)19)6-4-3-5-7-15/h11-12H,2-10H2,1H3,(H,18,19)(H2,16,17,20). The molecule has 0 atom stereocenters. The number of hydrogen-bond donors (Lipinski definition) is 3. The van der Waals surface area contributed by atoms with Gasteiger partial charge in [-0.05, 0) is 32.6 Å². The summed E-state index contributed by atoms with van der Waals surface area (Å²) in [6.07, 6.45) is 6.50. The lowest BCUT2D eigenvalue weighted by Gasteiger charge is -2.39. The Bertz CT molecular complexity index is 374. The van der Waals surface area contributed by atoms with Crippen molar-refractivity contribution < 1.29 is 19.4 Å². The van der Waals surface area contributed by atoms with Gasteiger partial charge in [-0.15, -0.1) is 0 Å². The lowest BCUT2D eigenvalue weighted by molar-refractivity contribution is -0.139. The molecule has 2 aliphatic carbocycles. The summed E-state index contributed by atoms with van der Waals surface area (Å²) in [6.45, 7) is 2.66. The van der Waals surface area contributed by atoms with Gasteiger partial charge in [0.25, 0.3) is 0 Å². The molecule has 2 fully saturated rings. The third-order valence-electron chi connectivity index (χ3n) is 4.51. The van der Waals surface area contributed by atoms with E-state index in [-0.39, 0.29) is 24.6 Å². The lowest BCUT2D eigenvalue weighted by Crippen LogP contribution is -2.58. The molecule has 21 heavy (non-hydrogen) atoms. The largest absolute Gasteiger partial charge is 0.481 e. The van der Waals surface area contributed by atoms with Gasteiger partial charge in [0.15, 0.2) is 0 Å². The molecular weight excluding hydrogens is 272 g/mol. The van der Waals surface area contributed by atoms with Gasteiger partial charge in [0, 0.05) is 12.6 Å². The highest BCUT2D eigenvalue weighted by molar-refractivity contribution is 5.77. The summed E-state index contributed by atoms with van der Waals surface area (Å²) in [5.74, 6) is -0.850. The van der Waals surface area contributed by atoms with Crippen molar-refractivity contribution in [2.24, 2.45) is 0 Å². The summed E-state index contributed by atoms with van der Waals surface area (Å²) in [6, 6.07) is -0.0925. The molecule has 3 N–H and O–H groups in total. The Morgan fingerprint density at radius 1 is 1.24 bits per heavy atom. The summed E-state index contributed by atoms with van der Waals surface area (Å²) >= 11 is 0.